The summed E-state index contributed by atoms with van der Waals surface area (Å²) in [4.78, 5) is 39.2. The lowest BCUT2D eigenvalue weighted by Gasteiger charge is -2.26. The lowest BCUT2D eigenvalue weighted by Crippen LogP contribution is -2.43. The van der Waals surface area contributed by atoms with E-state index in [0.29, 0.717) is 36.9 Å². The van der Waals surface area contributed by atoms with Crippen LogP contribution in [0.15, 0.2) is 36.7 Å². The number of nitrogens with one attached hydrogen (secondary N) is 1. The number of rotatable bonds is 17. The smallest absolute Gasteiger partial charge is 0.407 e. The molecule has 196 valence electrons. The Kier molecular flexibility index (Phi) is 14.4. The first-order valence-corrected chi connectivity index (χ1v) is 12.5. The minimum Gasteiger partial charge on any atom is -0.462 e. The maximum absolute atomic E-state index is 12.1. The highest BCUT2D eigenvalue weighted by Crippen LogP contribution is 2.18. The van der Waals surface area contributed by atoms with Gasteiger partial charge >= 0.3 is 18.0 Å². The first-order valence-electron chi connectivity index (χ1n) is 12.5. The molecule has 1 N–H and O–H groups in total. The molecule has 0 aliphatic heterocycles. The van der Waals surface area contributed by atoms with E-state index in [0.717, 1.165) is 51.4 Å². The summed E-state index contributed by atoms with van der Waals surface area (Å²) in [5.74, 6) is -0.257. The molecule has 1 heterocycles. The van der Waals surface area contributed by atoms with Crippen LogP contribution in [0.3, 0.4) is 0 Å². The minimum atomic E-state index is -0.402. The Morgan fingerprint density at radius 1 is 0.943 bits per heavy atom. The fourth-order valence-corrected chi connectivity index (χ4v) is 3.35. The van der Waals surface area contributed by atoms with E-state index in [1.54, 1.807) is 31.5 Å². The van der Waals surface area contributed by atoms with Gasteiger partial charge in [0.2, 0.25) is 0 Å². The third-order valence-corrected chi connectivity index (χ3v) is 5.55. The van der Waals surface area contributed by atoms with Gasteiger partial charge in [-0.15, -0.1) is 0 Å². The van der Waals surface area contributed by atoms with Crippen LogP contribution in [0.25, 0.3) is 0 Å². The van der Waals surface area contributed by atoms with Crippen LogP contribution in [0.1, 0.15) is 89.4 Å². The molecule has 0 aromatic carbocycles. The minimum absolute atomic E-state index is 0.339. The van der Waals surface area contributed by atoms with E-state index in [2.05, 4.69) is 23.8 Å². The average Bonchev–Trinajstić information content (AvgIpc) is 2.80. The quantitative estimate of drug-likeness (QED) is 0.131. The van der Waals surface area contributed by atoms with Crippen LogP contribution in [0.4, 0.5) is 4.79 Å². The third-order valence-electron chi connectivity index (χ3n) is 5.55. The number of pyridine rings is 1. The number of aromatic nitrogens is 1. The summed E-state index contributed by atoms with van der Waals surface area (Å²) in [6.45, 7) is 12.4. The molecular weight excluding hydrogens is 448 g/mol. The summed E-state index contributed by atoms with van der Waals surface area (Å²) in [6, 6.07) is 3.25. The van der Waals surface area contributed by atoms with E-state index in [9.17, 15) is 14.4 Å². The van der Waals surface area contributed by atoms with E-state index in [4.69, 9.17) is 14.2 Å². The number of carbonyl (C=O) groups is 3. The second-order valence-electron chi connectivity index (χ2n) is 9.63. The molecule has 1 rings (SSSR count). The molecule has 0 bridgehead atoms. The number of alkyl carbamates (subject to hydrolysis) is 1. The summed E-state index contributed by atoms with van der Waals surface area (Å²) in [6.07, 6.45) is 9.61. The molecule has 0 saturated heterocycles. The van der Waals surface area contributed by atoms with Gasteiger partial charge in [0.05, 0.1) is 25.4 Å². The van der Waals surface area contributed by atoms with E-state index < -0.39 is 6.09 Å². The molecule has 0 spiro atoms. The summed E-state index contributed by atoms with van der Waals surface area (Å²) in [5, 5.41) is 2.94. The van der Waals surface area contributed by atoms with Crippen molar-refractivity contribution in [2.75, 3.05) is 19.8 Å². The van der Waals surface area contributed by atoms with Crippen LogP contribution >= 0.6 is 0 Å². The number of unbranched alkanes of at least 4 members (excludes halogenated alkanes) is 3. The zero-order chi connectivity index (χ0) is 26.1. The lowest BCUT2D eigenvalue weighted by atomic mass is 9.93. The summed E-state index contributed by atoms with van der Waals surface area (Å²) in [5.41, 5.74) is 0.554. The molecule has 1 aromatic heterocycles. The van der Waals surface area contributed by atoms with Crippen molar-refractivity contribution >= 4 is 18.0 Å². The second-order valence-corrected chi connectivity index (χ2v) is 9.63. The maximum Gasteiger partial charge on any atom is 0.407 e. The van der Waals surface area contributed by atoms with Gasteiger partial charge in [-0.2, -0.15) is 0 Å². The van der Waals surface area contributed by atoms with Gasteiger partial charge in [0.15, 0.2) is 0 Å². The first-order chi connectivity index (χ1) is 16.6. The highest BCUT2D eigenvalue weighted by atomic mass is 16.5. The largest absolute Gasteiger partial charge is 0.462 e. The molecule has 0 aliphatic rings. The van der Waals surface area contributed by atoms with E-state index >= 15 is 0 Å². The molecule has 0 aliphatic carbocycles. The van der Waals surface area contributed by atoms with Crippen LogP contribution in [-0.4, -0.2) is 48.4 Å². The molecule has 8 heteroatoms. The number of amides is 1. The molecule has 8 nitrogen and oxygen atoms in total. The molecule has 1 unspecified atom stereocenters. The van der Waals surface area contributed by atoms with Gasteiger partial charge in [0.25, 0.3) is 0 Å². The normalized spacial score (nSPS) is 11.9. The van der Waals surface area contributed by atoms with Gasteiger partial charge in [0, 0.05) is 23.5 Å². The summed E-state index contributed by atoms with van der Waals surface area (Å²) < 4.78 is 15.7. The van der Waals surface area contributed by atoms with Crippen molar-refractivity contribution in [2.45, 2.75) is 84.6 Å². The number of nitrogens with zero attached hydrogens (tertiary/aromatic N) is 1. The van der Waals surface area contributed by atoms with Crippen LogP contribution in [-0.2, 0) is 19.0 Å². The van der Waals surface area contributed by atoms with Gasteiger partial charge in [-0.3, -0.25) is 4.98 Å². The van der Waals surface area contributed by atoms with Gasteiger partial charge in [-0.25, -0.2) is 14.4 Å². The Bertz CT molecular complexity index is 794. The predicted octanol–water partition coefficient (Wildman–Crippen LogP) is 5.62. The standard InChI is InChI=1S/C27H42N2O6/c1-21(2)24(30)34-20-14-22(3)11-10-15-27(4,5)29-26(32)35-19-9-7-6-8-18-33-25(31)23-12-16-28-17-13-23/h12-13,16-17,22H,1,6-11,14-15,18-20H2,2-5H3,(H,29,32). The highest BCUT2D eigenvalue weighted by Gasteiger charge is 2.21. The van der Waals surface area contributed by atoms with Gasteiger partial charge in [-0.1, -0.05) is 26.3 Å². The second kappa shape index (κ2) is 16.7. The predicted molar refractivity (Wildman–Crippen MR) is 135 cm³/mol. The maximum atomic E-state index is 12.1. The van der Waals surface area contributed by atoms with Crippen molar-refractivity contribution in [1.82, 2.24) is 10.3 Å². The Morgan fingerprint density at radius 3 is 2.20 bits per heavy atom. The van der Waals surface area contributed by atoms with Crippen LogP contribution < -0.4 is 5.32 Å². The fourth-order valence-electron chi connectivity index (χ4n) is 3.35. The zero-order valence-corrected chi connectivity index (χ0v) is 21.8. The third kappa shape index (κ3) is 14.9. The Balaban J connectivity index is 2.04. The van der Waals surface area contributed by atoms with Crippen molar-refractivity contribution in [1.29, 1.82) is 0 Å². The Hall–Kier alpha value is -2.90. The van der Waals surface area contributed by atoms with Gasteiger partial charge < -0.3 is 19.5 Å². The number of ether oxygens (including phenoxy) is 3. The molecule has 0 radical (unpaired) electrons. The number of esters is 2. The Labute approximate surface area is 209 Å². The molecule has 1 amide bonds. The van der Waals surface area contributed by atoms with Crippen LogP contribution in [0.2, 0.25) is 0 Å². The number of carbonyl (C=O) groups excluding carboxylic acids is 3. The molecule has 1 aromatic rings. The van der Waals surface area contributed by atoms with Crippen molar-refractivity contribution in [3.63, 3.8) is 0 Å². The van der Waals surface area contributed by atoms with Crippen LogP contribution in [0.5, 0.6) is 0 Å². The van der Waals surface area contributed by atoms with E-state index in [1.807, 2.05) is 13.8 Å². The van der Waals surface area contributed by atoms with Crippen molar-refractivity contribution in [3.8, 4) is 0 Å². The van der Waals surface area contributed by atoms with E-state index in [-0.39, 0.29) is 17.5 Å². The first kappa shape index (κ1) is 30.1. The Morgan fingerprint density at radius 2 is 1.57 bits per heavy atom. The lowest BCUT2D eigenvalue weighted by molar-refractivity contribution is -0.139. The monoisotopic (exact) mass is 490 g/mol. The van der Waals surface area contributed by atoms with Crippen molar-refractivity contribution in [3.05, 3.63) is 42.2 Å². The van der Waals surface area contributed by atoms with Gasteiger partial charge in [0.1, 0.15) is 0 Å². The molecule has 1 atom stereocenters. The molecular formula is C27H42N2O6. The zero-order valence-electron chi connectivity index (χ0n) is 21.8. The SMILES string of the molecule is C=C(C)C(=O)OCCC(C)CCCC(C)(C)NC(=O)OCCCCCCOC(=O)c1ccncc1. The van der Waals surface area contributed by atoms with Crippen molar-refractivity contribution < 1.29 is 28.6 Å². The van der Waals surface area contributed by atoms with Gasteiger partial charge in [-0.05, 0) is 77.3 Å². The number of hydrogen-bond acceptors (Lipinski definition) is 7. The number of hydrogen-bond donors (Lipinski definition) is 1. The van der Waals surface area contributed by atoms with E-state index in [1.165, 1.54) is 0 Å². The molecule has 35 heavy (non-hydrogen) atoms. The summed E-state index contributed by atoms with van der Waals surface area (Å²) >= 11 is 0. The van der Waals surface area contributed by atoms with Crippen molar-refractivity contribution in [2.24, 2.45) is 5.92 Å². The average molecular weight is 491 g/mol. The molecule has 0 saturated carbocycles. The topological polar surface area (TPSA) is 104 Å². The van der Waals surface area contributed by atoms with Crippen LogP contribution in [0, 0.1) is 5.92 Å². The fraction of sp³-hybridized carbons (Fsp3) is 0.630. The summed E-state index contributed by atoms with van der Waals surface area (Å²) in [7, 11) is 0. The molecule has 0 fully saturated rings. The highest BCUT2D eigenvalue weighted by molar-refractivity contribution is 5.89.